The van der Waals surface area contributed by atoms with E-state index in [1.165, 1.54) is 0 Å². The number of fused-ring (bicyclic) bond motifs is 1. The highest BCUT2D eigenvalue weighted by molar-refractivity contribution is 6.07. The number of aromatic nitrogens is 1. The van der Waals surface area contributed by atoms with Gasteiger partial charge in [-0.2, -0.15) is 0 Å². The van der Waals surface area contributed by atoms with E-state index in [2.05, 4.69) is 10.3 Å². The average molecular weight is 176 g/mol. The molecule has 0 radical (unpaired) electrons. The molecule has 0 unspecified atom stereocenters. The molecule has 0 aromatic carbocycles. The predicted molar refractivity (Wildman–Crippen MR) is 46.4 cm³/mol. The van der Waals surface area contributed by atoms with Crippen LogP contribution < -0.4 is 5.32 Å². The largest absolute Gasteiger partial charge is 0.324 e. The first-order valence-corrected chi connectivity index (χ1v) is 4.05. The smallest absolute Gasteiger partial charge is 0.224 e. The van der Waals surface area contributed by atoms with Crippen molar-refractivity contribution < 1.29 is 9.59 Å². The van der Waals surface area contributed by atoms with Crippen molar-refractivity contribution in [2.45, 2.75) is 12.8 Å². The molecular formula is C9H8N2O2. The number of nitrogens with one attached hydrogen (secondary N) is 1. The Hall–Kier alpha value is -1.71. The second-order valence-corrected chi connectivity index (χ2v) is 2.87. The third kappa shape index (κ3) is 1.42. The summed E-state index contributed by atoms with van der Waals surface area (Å²) in [7, 11) is 0. The van der Waals surface area contributed by atoms with Crippen molar-refractivity contribution in [2.75, 3.05) is 5.32 Å². The van der Waals surface area contributed by atoms with Crippen LogP contribution >= 0.6 is 0 Å². The van der Waals surface area contributed by atoms with E-state index in [0.29, 0.717) is 11.4 Å². The molecule has 0 saturated carbocycles. The lowest BCUT2D eigenvalue weighted by Gasteiger charge is -2.02. The van der Waals surface area contributed by atoms with Crippen molar-refractivity contribution >= 4 is 17.4 Å². The molecule has 1 aliphatic rings. The monoisotopic (exact) mass is 176 g/mol. The Morgan fingerprint density at radius 3 is 3.00 bits per heavy atom. The number of carbonyl (C=O) groups excluding carboxylic acids is 2. The zero-order chi connectivity index (χ0) is 9.26. The first kappa shape index (κ1) is 7.91. The Labute approximate surface area is 75.0 Å². The molecule has 1 amide bonds. The molecule has 1 aliphatic heterocycles. The van der Waals surface area contributed by atoms with Gasteiger partial charge in [0.05, 0.1) is 5.69 Å². The van der Waals surface area contributed by atoms with Crippen LogP contribution in [0.1, 0.15) is 23.3 Å². The third-order valence-corrected chi connectivity index (χ3v) is 1.93. The molecule has 66 valence electrons. The van der Waals surface area contributed by atoms with Crippen molar-refractivity contribution in [1.82, 2.24) is 4.98 Å². The fourth-order valence-electron chi connectivity index (χ4n) is 1.29. The fraction of sp³-hybridized carbons (Fsp3) is 0.222. The van der Waals surface area contributed by atoms with Crippen molar-refractivity contribution in [2.24, 2.45) is 0 Å². The average Bonchev–Trinajstić information content (AvgIpc) is 2.27. The van der Waals surface area contributed by atoms with E-state index < -0.39 is 0 Å². The Morgan fingerprint density at radius 2 is 2.15 bits per heavy atom. The van der Waals surface area contributed by atoms with Crippen LogP contribution in [-0.4, -0.2) is 16.7 Å². The first-order chi connectivity index (χ1) is 6.27. The number of carbonyl (C=O) groups is 2. The number of anilines is 1. The Morgan fingerprint density at radius 1 is 1.31 bits per heavy atom. The molecule has 4 heteroatoms. The lowest BCUT2D eigenvalue weighted by atomic mass is 10.1. The number of hydrogen-bond donors (Lipinski definition) is 1. The SMILES string of the molecule is O=C1CCC(=O)c2ncccc2N1. The van der Waals surface area contributed by atoms with Gasteiger partial charge in [-0.05, 0) is 12.1 Å². The van der Waals surface area contributed by atoms with Gasteiger partial charge in [0, 0.05) is 19.0 Å². The van der Waals surface area contributed by atoms with Crippen molar-refractivity contribution in [3.63, 3.8) is 0 Å². The summed E-state index contributed by atoms with van der Waals surface area (Å²) in [6, 6.07) is 3.38. The fourth-order valence-corrected chi connectivity index (χ4v) is 1.29. The summed E-state index contributed by atoms with van der Waals surface area (Å²) in [6.07, 6.45) is 2.04. The Balaban J connectivity index is 2.49. The van der Waals surface area contributed by atoms with Gasteiger partial charge in [0.15, 0.2) is 5.78 Å². The lowest BCUT2D eigenvalue weighted by Crippen LogP contribution is -2.09. The van der Waals surface area contributed by atoms with Crippen LogP contribution in [-0.2, 0) is 4.79 Å². The van der Waals surface area contributed by atoms with Crippen LogP contribution in [0.2, 0.25) is 0 Å². The highest BCUT2D eigenvalue weighted by atomic mass is 16.2. The number of amides is 1. The van der Waals surface area contributed by atoms with Gasteiger partial charge >= 0.3 is 0 Å². The zero-order valence-corrected chi connectivity index (χ0v) is 6.91. The van der Waals surface area contributed by atoms with Gasteiger partial charge in [-0.25, -0.2) is 0 Å². The molecule has 4 nitrogen and oxygen atoms in total. The maximum Gasteiger partial charge on any atom is 0.224 e. The van der Waals surface area contributed by atoms with Gasteiger partial charge in [-0.15, -0.1) is 0 Å². The summed E-state index contributed by atoms with van der Waals surface area (Å²) in [5, 5.41) is 2.63. The highest BCUT2D eigenvalue weighted by Crippen LogP contribution is 2.18. The molecule has 0 saturated heterocycles. The summed E-state index contributed by atoms with van der Waals surface area (Å²) in [5.74, 6) is -0.200. The van der Waals surface area contributed by atoms with E-state index in [4.69, 9.17) is 0 Å². The van der Waals surface area contributed by atoms with Gasteiger partial charge in [0.1, 0.15) is 5.69 Å². The highest BCUT2D eigenvalue weighted by Gasteiger charge is 2.19. The van der Waals surface area contributed by atoms with Crippen molar-refractivity contribution in [3.8, 4) is 0 Å². The minimum atomic E-state index is -0.125. The van der Waals surface area contributed by atoms with Gasteiger partial charge in [-0.1, -0.05) is 0 Å². The molecule has 0 bridgehead atoms. The Kier molecular flexibility index (Phi) is 1.81. The van der Waals surface area contributed by atoms with Crippen LogP contribution in [0.3, 0.4) is 0 Å². The van der Waals surface area contributed by atoms with Gasteiger partial charge in [0.25, 0.3) is 0 Å². The number of ketones is 1. The maximum absolute atomic E-state index is 11.4. The number of hydrogen-bond acceptors (Lipinski definition) is 3. The quantitative estimate of drug-likeness (QED) is 0.641. The number of Topliss-reactive ketones (excluding diaryl/α,β-unsaturated/α-hetero) is 1. The second-order valence-electron chi connectivity index (χ2n) is 2.87. The lowest BCUT2D eigenvalue weighted by molar-refractivity contribution is -0.116. The molecule has 2 heterocycles. The molecular weight excluding hydrogens is 168 g/mol. The molecule has 1 N–H and O–H groups in total. The molecule has 1 aromatic heterocycles. The molecule has 2 rings (SSSR count). The Bertz CT molecular complexity index is 374. The molecule has 0 spiro atoms. The summed E-state index contributed by atoms with van der Waals surface area (Å²) >= 11 is 0. The summed E-state index contributed by atoms with van der Waals surface area (Å²) < 4.78 is 0. The van der Waals surface area contributed by atoms with E-state index >= 15 is 0 Å². The van der Waals surface area contributed by atoms with E-state index in [1.807, 2.05) is 0 Å². The van der Waals surface area contributed by atoms with Crippen molar-refractivity contribution in [3.05, 3.63) is 24.0 Å². The topological polar surface area (TPSA) is 59.1 Å². The summed E-state index contributed by atoms with van der Waals surface area (Å²) in [5.41, 5.74) is 0.892. The van der Waals surface area contributed by atoms with Crippen molar-refractivity contribution in [1.29, 1.82) is 0 Å². The molecule has 0 fully saturated rings. The van der Waals surface area contributed by atoms with Crippen LogP contribution in [0.5, 0.6) is 0 Å². The van der Waals surface area contributed by atoms with E-state index in [-0.39, 0.29) is 24.5 Å². The molecule has 1 aromatic rings. The van der Waals surface area contributed by atoms with E-state index in [1.54, 1.807) is 18.3 Å². The first-order valence-electron chi connectivity index (χ1n) is 4.05. The maximum atomic E-state index is 11.4. The summed E-state index contributed by atoms with van der Waals surface area (Å²) in [6.45, 7) is 0. The molecule has 0 aliphatic carbocycles. The van der Waals surface area contributed by atoms with Gasteiger partial charge in [0.2, 0.25) is 5.91 Å². The van der Waals surface area contributed by atoms with E-state index in [0.717, 1.165) is 0 Å². The number of nitrogens with zero attached hydrogens (tertiary/aromatic N) is 1. The zero-order valence-electron chi connectivity index (χ0n) is 6.91. The summed E-state index contributed by atoms with van der Waals surface area (Å²) in [4.78, 5) is 26.4. The predicted octanol–water partition coefficient (Wildman–Crippen LogP) is 0.997. The number of rotatable bonds is 0. The van der Waals surface area contributed by atoms with E-state index in [9.17, 15) is 9.59 Å². The minimum absolute atomic E-state index is 0.0750. The normalized spacial score (nSPS) is 16.0. The second kappa shape index (κ2) is 2.97. The molecule has 0 atom stereocenters. The minimum Gasteiger partial charge on any atom is -0.324 e. The van der Waals surface area contributed by atoms with Crippen LogP contribution in [0.15, 0.2) is 18.3 Å². The number of pyridine rings is 1. The third-order valence-electron chi connectivity index (χ3n) is 1.93. The van der Waals surface area contributed by atoms with Crippen LogP contribution in [0.4, 0.5) is 5.69 Å². The standard InChI is InChI=1S/C9H8N2O2/c12-7-3-4-8(13)11-6-2-1-5-10-9(6)7/h1-2,5H,3-4H2,(H,11,13). The van der Waals surface area contributed by atoms with Crippen LogP contribution in [0.25, 0.3) is 0 Å². The van der Waals surface area contributed by atoms with Gasteiger partial charge in [-0.3, -0.25) is 14.6 Å². The van der Waals surface area contributed by atoms with Crippen LogP contribution in [0, 0.1) is 0 Å². The van der Waals surface area contributed by atoms with Gasteiger partial charge < -0.3 is 5.32 Å². The molecule has 13 heavy (non-hydrogen) atoms.